The molecule has 1 aromatic carbocycles. The SMILES string of the molecule is COc1cc(-c2ccc3c(c2)CN(c2ncc(C)s2)C3=O)cnc1OC. The largest absolute Gasteiger partial charge is 0.491 e. The van der Waals surface area contributed by atoms with Crippen LogP contribution in [0.25, 0.3) is 11.1 Å². The number of aromatic nitrogens is 2. The first-order valence-electron chi connectivity index (χ1n) is 8.06. The van der Waals surface area contributed by atoms with Gasteiger partial charge in [-0.25, -0.2) is 9.97 Å². The van der Waals surface area contributed by atoms with Gasteiger partial charge in [0.25, 0.3) is 11.8 Å². The van der Waals surface area contributed by atoms with E-state index in [-0.39, 0.29) is 5.91 Å². The van der Waals surface area contributed by atoms with Crippen LogP contribution in [0.4, 0.5) is 5.13 Å². The van der Waals surface area contributed by atoms with E-state index in [1.54, 1.807) is 31.5 Å². The van der Waals surface area contributed by atoms with Gasteiger partial charge in [-0.1, -0.05) is 6.07 Å². The zero-order chi connectivity index (χ0) is 18.3. The fourth-order valence-corrected chi connectivity index (χ4v) is 3.77. The average molecular weight is 367 g/mol. The van der Waals surface area contributed by atoms with Crippen molar-refractivity contribution in [1.82, 2.24) is 9.97 Å². The lowest BCUT2D eigenvalue weighted by atomic mass is 10.0. The van der Waals surface area contributed by atoms with E-state index in [9.17, 15) is 4.79 Å². The highest BCUT2D eigenvalue weighted by Crippen LogP contribution is 2.35. The van der Waals surface area contributed by atoms with E-state index in [4.69, 9.17) is 9.47 Å². The topological polar surface area (TPSA) is 64.5 Å². The highest BCUT2D eigenvalue weighted by Gasteiger charge is 2.30. The third-order valence-corrected chi connectivity index (χ3v) is 5.25. The molecule has 3 heterocycles. The van der Waals surface area contributed by atoms with E-state index >= 15 is 0 Å². The molecule has 1 aliphatic rings. The minimum atomic E-state index is -0.00802. The number of fused-ring (bicyclic) bond motifs is 1. The van der Waals surface area contributed by atoms with Crippen molar-refractivity contribution >= 4 is 22.4 Å². The van der Waals surface area contributed by atoms with E-state index in [1.807, 2.05) is 31.2 Å². The molecular formula is C19H17N3O3S. The molecule has 4 rings (SSSR count). The summed E-state index contributed by atoms with van der Waals surface area (Å²) in [5.74, 6) is 1.01. The number of hydrogen-bond donors (Lipinski definition) is 0. The maximum atomic E-state index is 12.7. The summed E-state index contributed by atoms with van der Waals surface area (Å²) in [4.78, 5) is 24.1. The molecule has 0 unspecified atom stereocenters. The number of thiazole rings is 1. The van der Waals surface area contributed by atoms with Gasteiger partial charge in [-0.3, -0.25) is 9.69 Å². The molecule has 6 nitrogen and oxygen atoms in total. The quantitative estimate of drug-likeness (QED) is 0.704. The number of ether oxygens (including phenoxy) is 2. The lowest BCUT2D eigenvalue weighted by Gasteiger charge is -2.10. The Kier molecular flexibility index (Phi) is 4.08. The van der Waals surface area contributed by atoms with E-state index < -0.39 is 0 Å². The van der Waals surface area contributed by atoms with Crippen LogP contribution in [0.1, 0.15) is 20.8 Å². The number of carbonyl (C=O) groups excluding carboxylic acids is 1. The molecule has 26 heavy (non-hydrogen) atoms. The van der Waals surface area contributed by atoms with E-state index in [1.165, 1.54) is 11.3 Å². The fourth-order valence-electron chi connectivity index (χ4n) is 3.01. The maximum Gasteiger partial charge on any atom is 0.260 e. The minimum Gasteiger partial charge on any atom is -0.491 e. The van der Waals surface area contributed by atoms with Gasteiger partial charge >= 0.3 is 0 Å². The van der Waals surface area contributed by atoms with Crippen LogP contribution in [0.2, 0.25) is 0 Å². The number of hydrogen-bond acceptors (Lipinski definition) is 6. The minimum absolute atomic E-state index is 0.00802. The second-order valence-corrected chi connectivity index (χ2v) is 7.17. The molecule has 0 fully saturated rings. The second kappa shape index (κ2) is 6.42. The van der Waals surface area contributed by atoms with Crippen molar-refractivity contribution in [2.45, 2.75) is 13.5 Å². The van der Waals surface area contributed by atoms with Gasteiger partial charge < -0.3 is 9.47 Å². The van der Waals surface area contributed by atoms with Gasteiger partial charge in [0, 0.05) is 28.4 Å². The van der Waals surface area contributed by atoms with Gasteiger partial charge in [0.05, 0.1) is 20.8 Å². The molecule has 0 N–H and O–H groups in total. The molecule has 1 amide bonds. The normalized spacial score (nSPS) is 13.0. The van der Waals surface area contributed by atoms with Crippen molar-refractivity contribution in [3.05, 3.63) is 52.7 Å². The number of amides is 1. The van der Waals surface area contributed by atoms with E-state index in [0.29, 0.717) is 18.2 Å². The first kappa shape index (κ1) is 16.5. The van der Waals surface area contributed by atoms with Crippen LogP contribution in [0.5, 0.6) is 11.6 Å². The summed E-state index contributed by atoms with van der Waals surface area (Å²) in [7, 11) is 3.14. The molecule has 0 bridgehead atoms. The van der Waals surface area contributed by atoms with Crippen LogP contribution in [0, 0.1) is 6.92 Å². The zero-order valence-electron chi connectivity index (χ0n) is 14.6. The van der Waals surface area contributed by atoms with Crippen LogP contribution in [-0.2, 0) is 6.54 Å². The number of pyridine rings is 1. The van der Waals surface area contributed by atoms with Crippen LogP contribution in [0.3, 0.4) is 0 Å². The average Bonchev–Trinajstić information content (AvgIpc) is 3.24. The summed E-state index contributed by atoms with van der Waals surface area (Å²) in [5.41, 5.74) is 3.58. The summed E-state index contributed by atoms with van der Waals surface area (Å²) in [5, 5.41) is 0.734. The summed E-state index contributed by atoms with van der Waals surface area (Å²) in [6.07, 6.45) is 3.53. The fraction of sp³-hybridized carbons (Fsp3) is 0.211. The van der Waals surface area contributed by atoms with Gasteiger partial charge in [0.15, 0.2) is 10.9 Å². The Morgan fingerprint density at radius 2 is 1.92 bits per heavy atom. The van der Waals surface area contributed by atoms with Crippen molar-refractivity contribution in [1.29, 1.82) is 0 Å². The van der Waals surface area contributed by atoms with Crippen molar-refractivity contribution in [3.8, 4) is 22.8 Å². The van der Waals surface area contributed by atoms with Crippen molar-refractivity contribution in [2.75, 3.05) is 19.1 Å². The molecule has 0 atom stereocenters. The Hall–Kier alpha value is -2.93. The van der Waals surface area contributed by atoms with Crippen molar-refractivity contribution in [3.63, 3.8) is 0 Å². The number of aryl methyl sites for hydroxylation is 1. The van der Waals surface area contributed by atoms with Crippen LogP contribution < -0.4 is 14.4 Å². The molecule has 1 aliphatic heterocycles. The summed E-state index contributed by atoms with van der Waals surface area (Å²) in [6, 6.07) is 7.70. The van der Waals surface area contributed by atoms with E-state index in [0.717, 1.165) is 32.3 Å². The van der Waals surface area contributed by atoms with Crippen LogP contribution in [0.15, 0.2) is 36.7 Å². The van der Waals surface area contributed by atoms with Crippen LogP contribution in [-0.4, -0.2) is 30.1 Å². The van der Waals surface area contributed by atoms with Gasteiger partial charge in [0.1, 0.15) is 0 Å². The lowest BCUT2D eigenvalue weighted by Crippen LogP contribution is -2.22. The zero-order valence-corrected chi connectivity index (χ0v) is 15.5. The summed E-state index contributed by atoms with van der Waals surface area (Å²) in [6.45, 7) is 2.51. The van der Waals surface area contributed by atoms with Gasteiger partial charge in [-0.05, 0) is 36.2 Å². The molecule has 2 aromatic heterocycles. The number of carbonyl (C=O) groups is 1. The smallest absolute Gasteiger partial charge is 0.260 e. The second-order valence-electron chi connectivity index (χ2n) is 5.95. The van der Waals surface area contributed by atoms with Crippen molar-refractivity contribution in [2.24, 2.45) is 0 Å². The van der Waals surface area contributed by atoms with Crippen LogP contribution >= 0.6 is 11.3 Å². The number of rotatable bonds is 4. The molecule has 0 saturated carbocycles. The third kappa shape index (κ3) is 2.70. The van der Waals surface area contributed by atoms with Crippen molar-refractivity contribution < 1.29 is 14.3 Å². The lowest BCUT2D eigenvalue weighted by molar-refractivity contribution is 0.0996. The monoisotopic (exact) mass is 367 g/mol. The standard InChI is InChI=1S/C19H17N3O3S/c1-11-8-21-19(26-11)22-10-14-6-12(4-5-15(14)18(22)23)13-7-16(24-2)17(25-3)20-9-13/h4-9H,10H2,1-3H3. The summed E-state index contributed by atoms with van der Waals surface area (Å²) >= 11 is 1.52. The van der Waals surface area contributed by atoms with Gasteiger partial charge in [-0.2, -0.15) is 0 Å². The molecule has 3 aromatic rings. The summed E-state index contributed by atoms with van der Waals surface area (Å²) < 4.78 is 10.5. The van der Waals surface area contributed by atoms with Gasteiger partial charge in [-0.15, -0.1) is 11.3 Å². The molecule has 7 heteroatoms. The number of benzene rings is 1. The number of anilines is 1. The predicted octanol–water partition coefficient (Wildman–Crippen LogP) is 3.69. The third-order valence-electron chi connectivity index (χ3n) is 4.31. The highest BCUT2D eigenvalue weighted by atomic mass is 32.1. The molecule has 0 saturated heterocycles. The Morgan fingerprint density at radius 1 is 1.08 bits per heavy atom. The Labute approximate surface area is 155 Å². The Bertz CT molecular complexity index is 999. The number of nitrogens with zero attached hydrogens (tertiary/aromatic N) is 3. The number of methoxy groups -OCH3 is 2. The molecule has 0 aliphatic carbocycles. The highest BCUT2D eigenvalue weighted by molar-refractivity contribution is 7.15. The Balaban J connectivity index is 1.69. The Morgan fingerprint density at radius 3 is 2.62 bits per heavy atom. The molecule has 0 spiro atoms. The van der Waals surface area contributed by atoms with E-state index in [2.05, 4.69) is 9.97 Å². The first-order chi connectivity index (χ1) is 12.6. The maximum absolute atomic E-state index is 12.7. The first-order valence-corrected chi connectivity index (χ1v) is 8.88. The molecular weight excluding hydrogens is 350 g/mol. The molecule has 0 radical (unpaired) electrons. The predicted molar refractivity (Wildman–Crippen MR) is 100 cm³/mol. The molecule has 132 valence electrons. The van der Waals surface area contributed by atoms with Gasteiger partial charge in [0.2, 0.25) is 0 Å².